The molecule has 2 aromatic heterocycles. The normalized spacial score (nSPS) is 13.0. The molecule has 0 saturated heterocycles. The van der Waals surface area contributed by atoms with Crippen molar-refractivity contribution >= 4 is 16.0 Å². The Morgan fingerprint density at radius 3 is 2.86 bits per heavy atom. The Kier molecular flexibility index (Phi) is 4.29. The Balaban J connectivity index is 2.24. The lowest BCUT2D eigenvalue weighted by Crippen LogP contribution is -2.42. The van der Waals surface area contributed by atoms with Gasteiger partial charge in [-0.3, -0.25) is 4.79 Å². The lowest BCUT2D eigenvalue weighted by Gasteiger charge is -2.13. The van der Waals surface area contributed by atoms with Gasteiger partial charge in [-0.25, -0.2) is 22.8 Å². The number of aliphatic carboxylic acids is 1. The Morgan fingerprint density at radius 1 is 1.52 bits per heavy atom. The molecule has 10 heteroatoms. The van der Waals surface area contributed by atoms with Crippen LogP contribution in [0.5, 0.6) is 0 Å². The number of carboxylic acids is 1. The van der Waals surface area contributed by atoms with Crippen LogP contribution in [0.1, 0.15) is 5.69 Å². The summed E-state index contributed by atoms with van der Waals surface area (Å²) in [7, 11) is -4.39. The number of H-pyrrole nitrogens is 1. The zero-order chi connectivity index (χ0) is 15.5. The fourth-order valence-electron chi connectivity index (χ4n) is 1.61. The molecule has 0 radical (unpaired) electrons. The maximum atomic E-state index is 13.5. The highest BCUT2D eigenvalue weighted by molar-refractivity contribution is 7.89. The van der Waals surface area contributed by atoms with Crippen molar-refractivity contribution < 1.29 is 22.7 Å². The van der Waals surface area contributed by atoms with Crippen LogP contribution in [-0.2, 0) is 21.2 Å². The van der Waals surface area contributed by atoms with E-state index in [2.05, 4.69) is 15.0 Å². The van der Waals surface area contributed by atoms with Gasteiger partial charge in [0.15, 0.2) is 5.82 Å². The van der Waals surface area contributed by atoms with E-state index < -0.39 is 32.9 Å². The van der Waals surface area contributed by atoms with Crippen molar-refractivity contribution in [3.8, 4) is 0 Å². The molecule has 0 bridgehead atoms. The zero-order valence-corrected chi connectivity index (χ0v) is 11.3. The van der Waals surface area contributed by atoms with Crippen molar-refractivity contribution in [3.05, 3.63) is 42.4 Å². The molecule has 2 heterocycles. The van der Waals surface area contributed by atoms with Crippen molar-refractivity contribution in [3.63, 3.8) is 0 Å². The molecular weight excluding hydrogens is 303 g/mol. The topological polar surface area (TPSA) is 125 Å². The number of sulfonamides is 1. The minimum Gasteiger partial charge on any atom is -0.480 e. The minimum atomic E-state index is -4.39. The molecule has 2 aromatic rings. The Hall–Kier alpha value is -2.33. The molecule has 112 valence electrons. The number of aromatic amines is 1. The fraction of sp³-hybridized carbons (Fsp3) is 0.182. The summed E-state index contributed by atoms with van der Waals surface area (Å²) >= 11 is 0. The average molecular weight is 314 g/mol. The highest BCUT2D eigenvalue weighted by Crippen LogP contribution is 2.11. The zero-order valence-electron chi connectivity index (χ0n) is 10.5. The summed E-state index contributed by atoms with van der Waals surface area (Å²) in [5.74, 6) is -2.46. The van der Waals surface area contributed by atoms with Crippen molar-refractivity contribution in [2.45, 2.75) is 17.5 Å². The third kappa shape index (κ3) is 3.61. The van der Waals surface area contributed by atoms with E-state index in [1.165, 1.54) is 18.6 Å². The van der Waals surface area contributed by atoms with Crippen LogP contribution in [0.15, 0.2) is 35.9 Å². The number of hydrogen-bond acceptors (Lipinski definition) is 5. The molecule has 0 fully saturated rings. The van der Waals surface area contributed by atoms with Gasteiger partial charge < -0.3 is 10.1 Å². The third-order valence-electron chi connectivity index (χ3n) is 2.55. The lowest BCUT2D eigenvalue weighted by molar-refractivity contribution is -0.138. The van der Waals surface area contributed by atoms with Gasteiger partial charge in [0.2, 0.25) is 5.03 Å². The Bertz CT molecular complexity index is 732. The number of carboxylic acid groups (broad SMARTS) is 1. The van der Waals surface area contributed by atoms with E-state index in [-0.39, 0.29) is 6.42 Å². The highest BCUT2D eigenvalue weighted by Gasteiger charge is 2.28. The molecule has 3 N–H and O–H groups in total. The minimum absolute atomic E-state index is 0.164. The first kappa shape index (κ1) is 15.1. The molecule has 0 spiro atoms. The van der Waals surface area contributed by atoms with Gasteiger partial charge in [-0.15, -0.1) is 0 Å². The molecule has 0 amide bonds. The van der Waals surface area contributed by atoms with Crippen LogP contribution in [0.3, 0.4) is 0 Å². The number of aromatic nitrogens is 3. The van der Waals surface area contributed by atoms with Crippen LogP contribution in [0.4, 0.5) is 4.39 Å². The number of nitrogens with one attached hydrogen (secondary N) is 2. The van der Waals surface area contributed by atoms with Gasteiger partial charge in [-0.2, -0.15) is 4.72 Å². The van der Waals surface area contributed by atoms with E-state index in [1.54, 1.807) is 0 Å². The van der Waals surface area contributed by atoms with E-state index in [0.717, 1.165) is 12.3 Å². The maximum Gasteiger partial charge on any atom is 0.322 e. The third-order valence-corrected chi connectivity index (χ3v) is 3.96. The average Bonchev–Trinajstić information content (AvgIpc) is 2.91. The monoisotopic (exact) mass is 314 g/mol. The van der Waals surface area contributed by atoms with Crippen LogP contribution in [0, 0.1) is 5.82 Å². The smallest absolute Gasteiger partial charge is 0.322 e. The summed E-state index contributed by atoms with van der Waals surface area (Å²) < 4.78 is 39.4. The molecule has 0 aliphatic rings. The predicted octanol–water partition coefficient (Wildman–Crippen LogP) is -0.0820. The Morgan fingerprint density at radius 2 is 2.29 bits per heavy atom. The quantitative estimate of drug-likeness (QED) is 0.685. The molecular formula is C11H11FN4O4S. The molecule has 8 nitrogen and oxygen atoms in total. The van der Waals surface area contributed by atoms with Crippen molar-refractivity contribution in [2.75, 3.05) is 0 Å². The second-order valence-electron chi connectivity index (χ2n) is 4.08. The van der Waals surface area contributed by atoms with Gasteiger partial charge in [0.05, 0.1) is 6.33 Å². The molecule has 0 aliphatic heterocycles. The summed E-state index contributed by atoms with van der Waals surface area (Å²) in [6, 6.07) is 0.678. The van der Waals surface area contributed by atoms with E-state index in [9.17, 15) is 17.6 Å². The molecule has 0 aromatic carbocycles. The molecule has 0 saturated carbocycles. The lowest BCUT2D eigenvalue weighted by atomic mass is 10.2. The molecule has 1 atom stereocenters. The predicted molar refractivity (Wildman–Crippen MR) is 68.2 cm³/mol. The maximum absolute atomic E-state index is 13.5. The summed E-state index contributed by atoms with van der Waals surface area (Å²) in [6.45, 7) is 0. The van der Waals surface area contributed by atoms with Crippen molar-refractivity contribution in [1.29, 1.82) is 0 Å². The number of hydrogen-bond donors (Lipinski definition) is 3. The summed E-state index contributed by atoms with van der Waals surface area (Å²) in [4.78, 5) is 20.9. The van der Waals surface area contributed by atoms with Crippen LogP contribution in [0.2, 0.25) is 0 Å². The van der Waals surface area contributed by atoms with Gasteiger partial charge in [0.25, 0.3) is 10.0 Å². The second kappa shape index (κ2) is 5.97. The van der Waals surface area contributed by atoms with Crippen LogP contribution in [0.25, 0.3) is 0 Å². The van der Waals surface area contributed by atoms with E-state index in [1.807, 2.05) is 4.72 Å². The van der Waals surface area contributed by atoms with Crippen molar-refractivity contribution in [2.24, 2.45) is 0 Å². The first-order valence-corrected chi connectivity index (χ1v) is 7.21. The number of pyridine rings is 1. The summed E-state index contributed by atoms with van der Waals surface area (Å²) in [6.07, 6.45) is 3.64. The summed E-state index contributed by atoms with van der Waals surface area (Å²) in [5.41, 5.74) is 0.423. The molecule has 0 unspecified atom stereocenters. The largest absolute Gasteiger partial charge is 0.480 e. The SMILES string of the molecule is O=C(O)[C@H](Cc1cnc[nH]1)NS(=O)(=O)c1ncccc1F. The number of rotatable bonds is 6. The van der Waals surface area contributed by atoms with Crippen LogP contribution in [-0.4, -0.2) is 40.5 Å². The van der Waals surface area contributed by atoms with Gasteiger partial charge in [-0.1, -0.05) is 0 Å². The highest BCUT2D eigenvalue weighted by atomic mass is 32.2. The summed E-state index contributed by atoms with van der Waals surface area (Å²) in [5, 5.41) is 8.23. The van der Waals surface area contributed by atoms with E-state index >= 15 is 0 Å². The standard InChI is InChI=1S/C11H11FN4O4S/c12-8-2-1-3-14-10(8)21(19,20)16-9(11(17)18)4-7-5-13-6-15-7/h1-3,5-6,9,16H,4H2,(H,13,15)(H,17,18)/t9-/m0/s1. The van der Waals surface area contributed by atoms with E-state index in [0.29, 0.717) is 5.69 Å². The number of carbonyl (C=O) groups is 1. The first-order valence-electron chi connectivity index (χ1n) is 5.73. The number of halogens is 1. The molecule has 21 heavy (non-hydrogen) atoms. The van der Waals surface area contributed by atoms with Gasteiger partial charge in [0, 0.05) is 24.5 Å². The van der Waals surface area contributed by atoms with Gasteiger partial charge in [-0.05, 0) is 12.1 Å². The number of imidazole rings is 1. The second-order valence-corrected chi connectivity index (χ2v) is 5.71. The number of nitrogens with zero attached hydrogens (tertiary/aromatic N) is 2. The van der Waals surface area contributed by atoms with Crippen LogP contribution < -0.4 is 4.72 Å². The van der Waals surface area contributed by atoms with Gasteiger partial charge >= 0.3 is 5.97 Å². The Labute approximate surface area is 119 Å². The van der Waals surface area contributed by atoms with E-state index in [4.69, 9.17) is 5.11 Å². The fourth-order valence-corrected chi connectivity index (χ4v) is 2.80. The van der Waals surface area contributed by atoms with Gasteiger partial charge in [0.1, 0.15) is 6.04 Å². The first-order chi connectivity index (χ1) is 9.90. The molecule has 2 rings (SSSR count). The van der Waals surface area contributed by atoms with Crippen LogP contribution >= 0.6 is 0 Å². The molecule has 0 aliphatic carbocycles. The van der Waals surface area contributed by atoms with Crippen molar-refractivity contribution in [1.82, 2.24) is 19.7 Å².